The SMILES string of the molecule is CCCCCSc1nc(NCCOCCO)c2sc(N)nc2n1. The van der Waals surface area contributed by atoms with E-state index in [4.69, 9.17) is 15.6 Å². The summed E-state index contributed by atoms with van der Waals surface area (Å²) in [5.74, 6) is 1.74. The topological polar surface area (TPSA) is 106 Å². The van der Waals surface area contributed by atoms with Crippen LogP contribution in [0.5, 0.6) is 0 Å². The first-order chi connectivity index (χ1) is 11.2. The van der Waals surface area contributed by atoms with Gasteiger partial charge >= 0.3 is 0 Å². The first-order valence-electron chi connectivity index (χ1n) is 7.74. The van der Waals surface area contributed by atoms with Crippen molar-refractivity contribution >= 4 is 44.4 Å². The Morgan fingerprint density at radius 3 is 2.91 bits per heavy atom. The minimum absolute atomic E-state index is 0.0294. The van der Waals surface area contributed by atoms with Crippen LogP contribution in [0.15, 0.2) is 5.16 Å². The van der Waals surface area contributed by atoms with Gasteiger partial charge in [-0.2, -0.15) is 0 Å². The van der Waals surface area contributed by atoms with E-state index in [1.54, 1.807) is 11.8 Å². The molecule has 9 heteroatoms. The van der Waals surface area contributed by atoms with Crippen molar-refractivity contribution in [2.75, 3.05) is 43.2 Å². The van der Waals surface area contributed by atoms with E-state index >= 15 is 0 Å². The van der Waals surface area contributed by atoms with E-state index in [1.165, 1.54) is 24.2 Å². The Morgan fingerprint density at radius 2 is 2.13 bits per heavy atom. The number of fused-ring (bicyclic) bond motifs is 1. The lowest BCUT2D eigenvalue weighted by Crippen LogP contribution is -2.12. The van der Waals surface area contributed by atoms with Crippen molar-refractivity contribution in [3.05, 3.63) is 0 Å². The molecule has 2 aromatic rings. The van der Waals surface area contributed by atoms with Crippen molar-refractivity contribution in [3.8, 4) is 0 Å². The highest BCUT2D eigenvalue weighted by atomic mass is 32.2. The van der Waals surface area contributed by atoms with Gasteiger partial charge in [0.15, 0.2) is 21.8 Å². The Morgan fingerprint density at radius 1 is 1.26 bits per heavy atom. The molecule has 0 amide bonds. The molecule has 0 aliphatic carbocycles. The predicted octanol–water partition coefficient (Wildman–Crippen LogP) is 2.37. The van der Waals surface area contributed by atoms with Gasteiger partial charge in [0.2, 0.25) is 0 Å². The Bertz CT molecular complexity index is 608. The smallest absolute Gasteiger partial charge is 0.191 e. The number of rotatable bonds is 11. The highest BCUT2D eigenvalue weighted by molar-refractivity contribution is 7.99. The summed E-state index contributed by atoms with van der Waals surface area (Å²) in [5, 5.41) is 13.1. The van der Waals surface area contributed by atoms with Gasteiger partial charge in [0.1, 0.15) is 4.70 Å². The van der Waals surface area contributed by atoms with Crippen LogP contribution in [0.25, 0.3) is 10.3 Å². The molecule has 128 valence electrons. The normalized spacial score (nSPS) is 11.2. The number of ether oxygens (including phenoxy) is 1. The van der Waals surface area contributed by atoms with Crippen molar-refractivity contribution < 1.29 is 9.84 Å². The van der Waals surface area contributed by atoms with Gasteiger partial charge in [0, 0.05) is 12.3 Å². The molecule has 7 nitrogen and oxygen atoms in total. The second-order valence-corrected chi connectivity index (χ2v) is 6.97. The predicted molar refractivity (Wildman–Crippen MR) is 96.3 cm³/mol. The van der Waals surface area contributed by atoms with Gasteiger partial charge in [0.25, 0.3) is 0 Å². The Kier molecular flexibility index (Phi) is 7.80. The van der Waals surface area contributed by atoms with Crippen molar-refractivity contribution in [1.29, 1.82) is 0 Å². The lowest BCUT2D eigenvalue weighted by molar-refractivity contribution is 0.0992. The molecule has 0 fully saturated rings. The van der Waals surface area contributed by atoms with E-state index in [-0.39, 0.29) is 6.61 Å². The minimum Gasteiger partial charge on any atom is -0.394 e. The maximum absolute atomic E-state index is 8.69. The van der Waals surface area contributed by atoms with Crippen LogP contribution in [0.4, 0.5) is 10.9 Å². The highest BCUT2D eigenvalue weighted by Gasteiger charge is 2.12. The fourth-order valence-corrected chi connectivity index (χ4v) is 3.50. The lowest BCUT2D eigenvalue weighted by Gasteiger charge is -2.08. The van der Waals surface area contributed by atoms with Crippen molar-refractivity contribution in [3.63, 3.8) is 0 Å². The van der Waals surface area contributed by atoms with Gasteiger partial charge in [-0.15, -0.1) is 0 Å². The fourth-order valence-electron chi connectivity index (χ4n) is 1.93. The molecule has 0 aliphatic rings. The van der Waals surface area contributed by atoms with Gasteiger partial charge in [-0.3, -0.25) is 0 Å². The zero-order chi connectivity index (χ0) is 16.5. The first-order valence-corrected chi connectivity index (χ1v) is 9.54. The van der Waals surface area contributed by atoms with Crippen molar-refractivity contribution in [2.24, 2.45) is 0 Å². The quantitative estimate of drug-likeness (QED) is 0.320. The van der Waals surface area contributed by atoms with Crippen LogP contribution in [-0.4, -0.2) is 52.2 Å². The Balaban J connectivity index is 2.03. The van der Waals surface area contributed by atoms with Gasteiger partial charge < -0.3 is 20.9 Å². The van der Waals surface area contributed by atoms with E-state index in [0.717, 1.165) is 27.8 Å². The molecule has 4 N–H and O–H groups in total. The molecule has 2 heterocycles. The lowest BCUT2D eigenvalue weighted by atomic mass is 10.3. The monoisotopic (exact) mass is 357 g/mol. The van der Waals surface area contributed by atoms with Crippen LogP contribution in [0.3, 0.4) is 0 Å². The summed E-state index contributed by atoms with van der Waals surface area (Å²) < 4.78 is 6.11. The molecule has 0 atom stereocenters. The number of nitrogen functional groups attached to an aromatic ring is 1. The summed E-state index contributed by atoms with van der Waals surface area (Å²) in [7, 11) is 0. The Hall–Kier alpha value is -1.16. The van der Waals surface area contributed by atoms with Gasteiger partial charge in [-0.05, 0) is 6.42 Å². The van der Waals surface area contributed by atoms with E-state index in [0.29, 0.717) is 30.5 Å². The van der Waals surface area contributed by atoms with E-state index in [1.807, 2.05) is 0 Å². The molecular formula is C14H23N5O2S2. The average Bonchev–Trinajstić information content (AvgIpc) is 2.91. The maximum Gasteiger partial charge on any atom is 0.191 e. The van der Waals surface area contributed by atoms with Crippen LogP contribution in [0.1, 0.15) is 26.2 Å². The zero-order valence-corrected chi connectivity index (χ0v) is 14.9. The number of hydrogen-bond acceptors (Lipinski definition) is 9. The molecule has 0 saturated heterocycles. The van der Waals surface area contributed by atoms with E-state index < -0.39 is 0 Å². The third-order valence-corrected chi connectivity index (χ3v) is 4.82. The van der Waals surface area contributed by atoms with E-state index in [2.05, 4.69) is 27.2 Å². The molecule has 2 rings (SSSR count). The summed E-state index contributed by atoms with van der Waals surface area (Å²) >= 11 is 3.02. The first kappa shape index (κ1) is 18.2. The van der Waals surface area contributed by atoms with Gasteiger partial charge in [0.05, 0.1) is 19.8 Å². The number of anilines is 2. The number of aliphatic hydroxyl groups is 1. The molecular weight excluding hydrogens is 334 g/mol. The summed E-state index contributed by atoms with van der Waals surface area (Å²) in [5.41, 5.74) is 6.43. The third-order valence-electron chi connectivity index (χ3n) is 3.00. The molecule has 0 unspecified atom stereocenters. The average molecular weight is 358 g/mol. The van der Waals surface area contributed by atoms with Gasteiger partial charge in [-0.1, -0.05) is 42.9 Å². The number of aliphatic hydroxyl groups excluding tert-OH is 1. The largest absolute Gasteiger partial charge is 0.394 e. The minimum atomic E-state index is 0.0294. The second kappa shape index (κ2) is 9.86. The second-order valence-electron chi connectivity index (χ2n) is 4.88. The summed E-state index contributed by atoms with van der Waals surface area (Å²) in [6.07, 6.45) is 3.56. The zero-order valence-electron chi connectivity index (χ0n) is 13.2. The molecule has 23 heavy (non-hydrogen) atoms. The number of aromatic nitrogens is 3. The molecule has 0 aromatic carbocycles. The molecule has 2 aromatic heterocycles. The molecule has 0 bridgehead atoms. The maximum atomic E-state index is 8.69. The summed E-state index contributed by atoms with van der Waals surface area (Å²) in [6.45, 7) is 3.66. The van der Waals surface area contributed by atoms with Crippen LogP contribution in [0.2, 0.25) is 0 Å². The van der Waals surface area contributed by atoms with Crippen LogP contribution in [0, 0.1) is 0 Å². The van der Waals surface area contributed by atoms with Crippen molar-refractivity contribution in [1.82, 2.24) is 15.0 Å². The molecule has 0 aliphatic heterocycles. The number of thiazole rings is 1. The number of thioether (sulfide) groups is 1. The molecule has 0 saturated carbocycles. The van der Waals surface area contributed by atoms with Crippen LogP contribution >= 0.6 is 23.1 Å². The third kappa shape index (κ3) is 5.76. The highest BCUT2D eigenvalue weighted by Crippen LogP contribution is 2.30. The molecule has 0 spiro atoms. The fraction of sp³-hybridized carbons (Fsp3) is 0.643. The van der Waals surface area contributed by atoms with Crippen molar-refractivity contribution in [2.45, 2.75) is 31.3 Å². The summed E-state index contributed by atoms with van der Waals surface area (Å²) in [4.78, 5) is 13.3. The van der Waals surface area contributed by atoms with Crippen LogP contribution in [-0.2, 0) is 4.74 Å². The number of nitrogens with zero attached hydrogens (tertiary/aromatic N) is 3. The number of unbranched alkanes of at least 4 members (excludes halogenated alkanes) is 2. The Labute approximate surface area is 144 Å². The van der Waals surface area contributed by atoms with E-state index in [9.17, 15) is 0 Å². The molecule has 0 radical (unpaired) electrons. The number of nitrogens with one attached hydrogen (secondary N) is 1. The summed E-state index contributed by atoms with van der Waals surface area (Å²) in [6, 6.07) is 0. The number of nitrogens with two attached hydrogens (primary N) is 1. The van der Waals surface area contributed by atoms with Crippen LogP contribution < -0.4 is 11.1 Å². The van der Waals surface area contributed by atoms with Gasteiger partial charge in [-0.25, -0.2) is 15.0 Å². The number of hydrogen-bond donors (Lipinski definition) is 3. The standard InChI is InChI=1S/C14H23N5O2S2/c1-2-3-4-9-22-14-18-11(16-5-7-21-8-6-20)10-12(19-14)17-13(15)23-10/h20H,2-9H2,1H3,(H3,15,16,17,18,19).